The number of benzene rings is 1. The molecule has 3 heteroatoms. The molecular formula is C18H29NO2. The van der Waals surface area contributed by atoms with E-state index >= 15 is 0 Å². The third-order valence-electron chi connectivity index (χ3n) is 4.92. The molecule has 0 unspecified atom stereocenters. The van der Waals surface area contributed by atoms with Gasteiger partial charge in [-0.1, -0.05) is 33.1 Å². The third kappa shape index (κ3) is 2.89. The molecule has 1 aliphatic carbocycles. The Kier molecular flexibility index (Phi) is 5.15. The van der Waals surface area contributed by atoms with Crippen molar-refractivity contribution in [3.05, 3.63) is 23.3 Å². The minimum Gasteiger partial charge on any atom is -0.496 e. The van der Waals surface area contributed by atoms with E-state index in [1.54, 1.807) is 14.2 Å². The molecule has 1 aromatic carbocycles. The van der Waals surface area contributed by atoms with E-state index in [-0.39, 0.29) is 5.41 Å². The lowest BCUT2D eigenvalue weighted by atomic mass is 9.66. The topological polar surface area (TPSA) is 44.5 Å². The normalized spacial score (nSPS) is 17.8. The minimum absolute atomic E-state index is 0.0394. The highest BCUT2D eigenvalue weighted by Gasteiger charge is 2.38. The number of hydrogen-bond donors (Lipinski definition) is 1. The fourth-order valence-electron chi connectivity index (χ4n) is 3.83. The van der Waals surface area contributed by atoms with Crippen LogP contribution >= 0.6 is 0 Å². The third-order valence-corrected chi connectivity index (χ3v) is 4.92. The fraction of sp³-hybridized carbons (Fsp3) is 0.667. The zero-order valence-electron chi connectivity index (χ0n) is 13.9. The lowest BCUT2D eigenvalue weighted by Crippen LogP contribution is -2.38. The van der Waals surface area contributed by atoms with Gasteiger partial charge in [-0.2, -0.15) is 0 Å². The van der Waals surface area contributed by atoms with E-state index < -0.39 is 0 Å². The standard InChI is InChI=1S/C18H29NO2/c1-13(2)16-14(20-3)8-9-15(21-4)17(16)18(12-19)10-6-5-7-11-18/h8-9,13H,5-7,10-12,19H2,1-4H3. The van der Waals surface area contributed by atoms with Crippen LogP contribution in [0.25, 0.3) is 0 Å². The molecule has 0 amide bonds. The average molecular weight is 291 g/mol. The first-order chi connectivity index (χ1) is 10.1. The summed E-state index contributed by atoms with van der Waals surface area (Å²) in [6.07, 6.45) is 6.09. The smallest absolute Gasteiger partial charge is 0.123 e. The highest BCUT2D eigenvalue weighted by Crippen LogP contribution is 2.48. The van der Waals surface area contributed by atoms with Gasteiger partial charge in [0.2, 0.25) is 0 Å². The molecule has 0 bridgehead atoms. The lowest BCUT2D eigenvalue weighted by Gasteiger charge is -2.40. The first-order valence-corrected chi connectivity index (χ1v) is 8.05. The second-order valence-corrected chi connectivity index (χ2v) is 6.46. The Morgan fingerprint density at radius 1 is 1.05 bits per heavy atom. The second-order valence-electron chi connectivity index (χ2n) is 6.46. The lowest BCUT2D eigenvalue weighted by molar-refractivity contribution is 0.282. The molecule has 21 heavy (non-hydrogen) atoms. The van der Waals surface area contributed by atoms with Crippen molar-refractivity contribution in [1.82, 2.24) is 0 Å². The molecule has 2 N–H and O–H groups in total. The largest absolute Gasteiger partial charge is 0.496 e. The van der Waals surface area contributed by atoms with Crippen LogP contribution in [-0.2, 0) is 5.41 Å². The number of ether oxygens (including phenoxy) is 2. The highest BCUT2D eigenvalue weighted by molar-refractivity contribution is 5.54. The predicted octanol–water partition coefficient (Wildman–Crippen LogP) is 3.99. The van der Waals surface area contributed by atoms with Crippen LogP contribution in [0, 0.1) is 0 Å². The molecule has 0 saturated heterocycles. The van der Waals surface area contributed by atoms with Gasteiger partial charge in [0.05, 0.1) is 14.2 Å². The molecule has 0 aromatic heterocycles. The summed E-state index contributed by atoms with van der Waals surface area (Å²) in [5, 5.41) is 0. The van der Waals surface area contributed by atoms with Crippen LogP contribution in [0.3, 0.4) is 0 Å². The highest BCUT2D eigenvalue weighted by atomic mass is 16.5. The molecule has 0 heterocycles. The Balaban J connectivity index is 2.68. The number of methoxy groups -OCH3 is 2. The van der Waals surface area contributed by atoms with E-state index in [4.69, 9.17) is 15.2 Å². The van der Waals surface area contributed by atoms with Crippen LogP contribution in [0.1, 0.15) is 63.0 Å². The molecule has 0 radical (unpaired) electrons. The van der Waals surface area contributed by atoms with E-state index in [0.29, 0.717) is 12.5 Å². The first kappa shape index (κ1) is 16.2. The Bertz CT molecular complexity index is 476. The van der Waals surface area contributed by atoms with Gasteiger partial charge < -0.3 is 15.2 Å². The zero-order chi connectivity index (χ0) is 15.5. The summed E-state index contributed by atoms with van der Waals surface area (Å²) >= 11 is 0. The number of rotatable bonds is 5. The van der Waals surface area contributed by atoms with Crippen LogP contribution in [0.2, 0.25) is 0 Å². The maximum atomic E-state index is 6.26. The van der Waals surface area contributed by atoms with E-state index in [9.17, 15) is 0 Å². The van der Waals surface area contributed by atoms with Crippen LogP contribution in [-0.4, -0.2) is 20.8 Å². The molecule has 1 saturated carbocycles. The van der Waals surface area contributed by atoms with Gasteiger partial charge in [-0.3, -0.25) is 0 Å². The van der Waals surface area contributed by atoms with E-state index in [0.717, 1.165) is 24.3 Å². The molecule has 0 spiro atoms. The van der Waals surface area contributed by atoms with Gasteiger partial charge in [0.1, 0.15) is 11.5 Å². The minimum atomic E-state index is 0.0394. The number of nitrogens with two attached hydrogens (primary N) is 1. The summed E-state index contributed by atoms with van der Waals surface area (Å²) in [6.45, 7) is 5.11. The van der Waals surface area contributed by atoms with Gasteiger partial charge in [0, 0.05) is 23.1 Å². The SMILES string of the molecule is COc1ccc(OC)c(C2(CN)CCCCC2)c1C(C)C. The van der Waals surface area contributed by atoms with Crippen LogP contribution in [0.4, 0.5) is 0 Å². The van der Waals surface area contributed by atoms with Crippen LogP contribution < -0.4 is 15.2 Å². The summed E-state index contributed by atoms with van der Waals surface area (Å²) in [5.74, 6) is 2.31. The molecule has 1 aliphatic rings. The van der Waals surface area contributed by atoms with Crippen LogP contribution in [0.15, 0.2) is 12.1 Å². The van der Waals surface area contributed by atoms with Gasteiger partial charge in [-0.25, -0.2) is 0 Å². The van der Waals surface area contributed by atoms with Crippen LogP contribution in [0.5, 0.6) is 11.5 Å². The molecule has 3 nitrogen and oxygen atoms in total. The van der Waals surface area contributed by atoms with Gasteiger partial charge in [-0.15, -0.1) is 0 Å². The van der Waals surface area contributed by atoms with Crippen molar-refractivity contribution in [3.8, 4) is 11.5 Å². The maximum absolute atomic E-state index is 6.26. The van der Waals surface area contributed by atoms with E-state index in [2.05, 4.69) is 13.8 Å². The van der Waals surface area contributed by atoms with Crippen molar-refractivity contribution in [2.24, 2.45) is 5.73 Å². The van der Waals surface area contributed by atoms with Gasteiger partial charge in [-0.05, 0) is 30.9 Å². The van der Waals surface area contributed by atoms with E-state index in [1.165, 1.54) is 30.4 Å². The summed E-state index contributed by atoms with van der Waals surface area (Å²) in [7, 11) is 3.50. The summed E-state index contributed by atoms with van der Waals surface area (Å²) in [5.41, 5.74) is 8.86. The zero-order valence-corrected chi connectivity index (χ0v) is 13.9. The summed E-state index contributed by atoms with van der Waals surface area (Å²) < 4.78 is 11.3. The second kappa shape index (κ2) is 6.69. The van der Waals surface area contributed by atoms with Gasteiger partial charge >= 0.3 is 0 Å². The maximum Gasteiger partial charge on any atom is 0.123 e. The van der Waals surface area contributed by atoms with Crippen molar-refractivity contribution in [2.45, 2.75) is 57.3 Å². The van der Waals surface area contributed by atoms with Crippen molar-refractivity contribution in [3.63, 3.8) is 0 Å². The summed E-state index contributed by atoms with van der Waals surface area (Å²) in [6, 6.07) is 4.05. The molecule has 0 aliphatic heterocycles. The summed E-state index contributed by atoms with van der Waals surface area (Å²) in [4.78, 5) is 0. The average Bonchev–Trinajstić information content (AvgIpc) is 2.53. The van der Waals surface area contributed by atoms with Gasteiger partial charge in [0.15, 0.2) is 0 Å². The fourth-order valence-corrected chi connectivity index (χ4v) is 3.83. The number of hydrogen-bond acceptors (Lipinski definition) is 3. The Hall–Kier alpha value is -1.22. The monoisotopic (exact) mass is 291 g/mol. The molecule has 0 atom stereocenters. The van der Waals surface area contributed by atoms with Crippen molar-refractivity contribution in [1.29, 1.82) is 0 Å². The molecule has 1 fully saturated rings. The predicted molar refractivity (Wildman–Crippen MR) is 87.5 cm³/mol. The molecule has 2 rings (SSSR count). The van der Waals surface area contributed by atoms with Crippen molar-refractivity contribution < 1.29 is 9.47 Å². The first-order valence-electron chi connectivity index (χ1n) is 8.05. The van der Waals surface area contributed by atoms with Crippen molar-refractivity contribution >= 4 is 0 Å². The van der Waals surface area contributed by atoms with Crippen molar-refractivity contribution in [2.75, 3.05) is 20.8 Å². The molecule has 1 aromatic rings. The quantitative estimate of drug-likeness (QED) is 0.892. The van der Waals surface area contributed by atoms with E-state index in [1.807, 2.05) is 12.1 Å². The Morgan fingerprint density at radius 2 is 1.62 bits per heavy atom. The van der Waals surface area contributed by atoms with Gasteiger partial charge in [0.25, 0.3) is 0 Å². The molecule has 118 valence electrons. The Labute approximate surface area is 128 Å². The Morgan fingerprint density at radius 3 is 2.10 bits per heavy atom. The molecular weight excluding hydrogens is 262 g/mol.